The van der Waals surface area contributed by atoms with E-state index in [2.05, 4.69) is 23.3 Å². The van der Waals surface area contributed by atoms with Crippen LogP contribution in [0.15, 0.2) is 12.2 Å². The summed E-state index contributed by atoms with van der Waals surface area (Å²) in [5, 5.41) is 54.2. The molecule has 14 heteroatoms. The first-order chi connectivity index (χ1) is 20.9. The summed E-state index contributed by atoms with van der Waals surface area (Å²) in [6, 6.07) is -1.11. The van der Waals surface area contributed by atoms with Crippen molar-refractivity contribution < 1.29 is 57.0 Å². The molecular formula is C30H57NO12S. The van der Waals surface area contributed by atoms with Gasteiger partial charge in [-0.25, -0.2) is 4.18 Å². The number of allylic oxidation sites excluding steroid dienone is 1. The van der Waals surface area contributed by atoms with Gasteiger partial charge in [0.25, 0.3) is 0 Å². The zero-order chi connectivity index (χ0) is 33.0. The van der Waals surface area contributed by atoms with Crippen LogP contribution in [0.4, 0.5) is 0 Å². The fraction of sp³-hybridized carbons (Fsp3) is 0.900. The number of carbonyl (C=O) groups is 1. The lowest BCUT2D eigenvalue weighted by Gasteiger charge is -2.41. The number of rotatable bonds is 25. The minimum Gasteiger partial charge on any atom is -0.394 e. The summed E-state index contributed by atoms with van der Waals surface area (Å²) in [5.74, 6) is -0.714. The highest BCUT2D eigenvalue weighted by atomic mass is 32.3. The SMILES string of the molecule is CCCCC/C=C/C(O)C(COC1OC(CO)C(O)C(OS(=O)(=O)O)C1O)NC(=O)C(O)CCCCCCCCCCCC. The fourth-order valence-corrected chi connectivity index (χ4v) is 5.49. The Morgan fingerprint density at radius 1 is 0.909 bits per heavy atom. The van der Waals surface area contributed by atoms with Gasteiger partial charge in [0, 0.05) is 0 Å². The zero-order valence-electron chi connectivity index (χ0n) is 26.3. The Bertz CT molecular complexity index is 889. The zero-order valence-corrected chi connectivity index (χ0v) is 27.2. The predicted molar refractivity (Wildman–Crippen MR) is 164 cm³/mol. The largest absolute Gasteiger partial charge is 0.397 e. The molecule has 44 heavy (non-hydrogen) atoms. The normalized spacial score (nSPS) is 24.8. The second kappa shape index (κ2) is 23.2. The number of aliphatic hydroxyl groups is 5. The number of hydrogen-bond donors (Lipinski definition) is 7. The predicted octanol–water partition coefficient (Wildman–Crippen LogP) is 2.28. The van der Waals surface area contributed by atoms with Gasteiger partial charge >= 0.3 is 10.4 Å². The quantitative estimate of drug-likeness (QED) is 0.0429. The Morgan fingerprint density at radius 2 is 1.48 bits per heavy atom. The van der Waals surface area contributed by atoms with Crippen molar-refractivity contribution in [3.05, 3.63) is 12.2 Å². The van der Waals surface area contributed by atoms with E-state index in [4.69, 9.17) is 14.0 Å². The van der Waals surface area contributed by atoms with Crippen LogP contribution in [0, 0.1) is 0 Å². The van der Waals surface area contributed by atoms with Crippen LogP contribution >= 0.6 is 0 Å². The van der Waals surface area contributed by atoms with Crippen LogP contribution < -0.4 is 5.32 Å². The number of amides is 1. The maximum atomic E-state index is 12.8. The molecule has 13 nitrogen and oxygen atoms in total. The average molecular weight is 656 g/mol. The number of ether oxygens (including phenoxy) is 2. The summed E-state index contributed by atoms with van der Waals surface area (Å²) >= 11 is 0. The molecule has 8 atom stereocenters. The van der Waals surface area contributed by atoms with Crippen LogP contribution in [0.25, 0.3) is 0 Å². The van der Waals surface area contributed by atoms with E-state index in [1.54, 1.807) is 6.08 Å². The van der Waals surface area contributed by atoms with Crippen LogP contribution in [0.5, 0.6) is 0 Å². The van der Waals surface area contributed by atoms with Crippen molar-refractivity contribution in [3.8, 4) is 0 Å². The van der Waals surface area contributed by atoms with E-state index in [9.17, 15) is 38.7 Å². The number of carbonyl (C=O) groups excluding carboxylic acids is 1. The van der Waals surface area contributed by atoms with Crippen molar-refractivity contribution in [2.75, 3.05) is 13.2 Å². The van der Waals surface area contributed by atoms with Gasteiger partial charge in [-0.05, 0) is 19.3 Å². The third-order valence-electron chi connectivity index (χ3n) is 7.68. The van der Waals surface area contributed by atoms with Crippen LogP contribution in [0.1, 0.15) is 110 Å². The van der Waals surface area contributed by atoms with Crippen molar-refractivity contribution in [1.82, 2.24) is 5.32 Å². The lowest BCUT2D eigenvalue weighted by atomic mass is 9.99. The summed E-state index contributed by atoms with van der Waals surface area (Å²) in [7, 11) is -5.10. The molecule has 0 saturated carbocycles. The summed E-state index contributed by atoms with van der Waals surface area (Å²) in [6.45, 7) is 2.99. The summed E-state index contributed by atoms with van der Waals surface area (Å²) in [6.07, 6.45) is 6.89. The third kappa shape index (κ3) is 16.9. The van der Waals surface area contributed by atoms with E-state index in [1.165, 1.54) is 44.6 Å². The molecule has 0 bridgehead atoms. The summed E-state index contributed by atoms with van der Waals surface area (Å²) < 4.78 is 46.8. The van der Waals surface area contributed by atoms with Crippen LogP contribution in [-0.2, 0) is 28.9 Å². The molecule has 260 valence electrons. The van der Waals surface area contributed by atoms with Gasteiger partial charge in [0.2, 0.25) is 5.91 Å². The van der Waals surface area contributed by atoms with Crippen molar-refractivity contribution in [1.29, 1.82) is 0 Å². The molecule has 0 aromatic rings. The highest BCUT2D eigenvalue weighted by molar-refractivity contribution is 7.80. The Morgan fingerprint density at radius 3 is 2.05 bits per heavy atom. The van der Waals surface area contributed by atoms with Crippen molar-refractivity contribution in [3.63, 3.8) is 0 Å². The molecular weight excluding hydrogens is 598 g/mol. The van der Waals surface area contributed by atoms with E-state index in [1.807, 2.05) is 0 Å². The summed E-state index contributed by atoms with van der Waals surface area (Å²) in [5.41, 5.74) is 0. The van der Waals surface area contributed by atoms with Gasteiger partial charge in [-0.15, -0.1) is 0 Å². The second-order valence-electron chi connectivity index (χ2n) is 11.5. The molecule has 0 aromatic heterocycles. The molecule has 8 unspecified atom stereocenters. The molecule has 0 aliphatic carbocycles. The molecule has 0 spiro atoms. The van der Waals surface area contributed by atoms with Gasteiger partial charge < -0.3 is 40.3 Å². The van der Waals surface area contributed by atoms with Crippen molar-refractivity contribution >= 4 is 16.3 Å². The van der Waals surface area contributed by atoms with Gasteiger partial charge in [-0.3, -0.25) is 9.35 Å². The van der Waals surface area contributed by atoms with Gasteiger partial charge in [-0.1, -0.05) is 103 Å². The van der Waals surface area contributed by atoms with Crippen molar-refractivity contribution in [2.24, 2.45) is 0 Å². The lowest BCUT2D eigenvalue weighted by Crippen LogP contribution is -2.61. The van der Waals surface area contributed by atoms with E-state index >= 15 is 0 Å². The van der Waals surface area contributed by atoms with E-state index < -0.39 is 78.5 Å². The second-order valence-corrected chi connectivity index (χ2v) is 12.6. The lowest BCUT2D eigenvalue weighted by molar-refractivity contribution is -0.298. The first-order valence-corrected chi connectivity index (χ1v) is 17.5. The van der Waals surface area contributed by atoms with Gasteiger partial charge in [0.1, 0.15) is 30.5 Å². The highest BCUT2D eigenvalue weighted by Gasteiger charge is 2.48. The Labute approximate surface area is 262 Å². The van der Waals surface area contributed by atoms with Gasteiger partial charge in [0.05, 0.1) is 25.4 Å². The standard InChI is InChI=1S/C30H57NO12S/c1-3-5-7-9-10-11-12-13-15-17-19-24(34)29(37)31-22(23(33)18-16-14-8-6-4-2)21-41-30-27(36)28(43-44(38,39)40)26(35)25(20-32)42-30/h16,18,22-28,30,32-36H,3-15,17,19-21H2,1-2H3,(H,31,37)(H,38,39,40)/b18-16+. The van der Waals surface area contributed by atoms with Gasteiger partial charge in [-0.2, -0.15) is 8.42 Å². The maximum absolute atomic E-state index is 12.8. The molecule has 1 amide bonds. The Balaban J connectivity index is 2.75. The fourth-order valence-electron chi connectivity index (χ4n) is 4.99. The van der Waals surface area contributed by atoms with Crippen LogP contribution in [0.3, 0.4) is 0 Å². The molecule has 1 aliphatic heterocycles. The molecule has 0 radical (unpaired) electrons. The third-order valence-corrected chi connectivity index (χ3v) is 8.14. The molecule has 1 fully saturated rings. The average Bonchev–Trinajstić information content (AvgIpc) is 2.98. The van der Waals surface area contributed by atoms with Crippen LogP contribution in [-0.4, -0.2) is 107 Å². The smallest absolute Gasteiger partial charge is 0.394 e. The molecule has 7 N–H and O–H groups in total. The molecule has 0 aromatic carbocycles. The molecule has 1 aliphatic rings. The molecule has 1 rings (SSSR count). The minimum atomic E-state index is -5.10. The number of nitrogens with one attached hydrogen (secondary N) is 1. The highest BCUT2D eigenvalue weighted by Crippen LogP contribution is 2.26. The van der Waals surface area contributed by atoms with Crippen LogP contribution in [0.2, 0.25) is 0 Å². The number of aliphatic hydroxyl groups excluding tert-OH is 5. The topological polar surface area (TPSA) is 212 Å². The number of hydrogen-bond acceptors (Lipinski definition) is 11. The molecule has 1 heterocycles. The monoisotopic (exact) mass is 655 g/mol. The molecule has 1 saturated heterocycles. The Hall–Kier alpha value is -1.20. The maximum Gasteiger partial charge on any atom is 0.397 e. The van der Waals surface area contributed by atoms with Crippen molar-refractivity contribution in [2.45, 2.75) is 159 Å². The number of unbranched alkanes of at least 4 members (excludes halogenated alkanes) is 12. The van der Waals surface area contributed by atoms with E-state index in [-0.39, 0.29) is 6.42 Å². The minimum absolute atomic E-state index is 0.244. The van der Waals surface area contributed by atoms with E-state index in [0.717, 1.165) is 38.5 Å². The summed E-state index contributed by atoms with van der Waals surface area (Å²) in [4.78, 5) is 12.8. The van der Waals surface area contributed by atoms with E-state index in [0.29, 0.717) is 12.8 Å². The van der Waals surface area contributed by atoms with Gasteiger partial charge in [0.15, 0.2) is 6.29 Å². The first kappa shape index (κ1) is 40.8. The Kier molecular flexibility index (Phi) is 21.5. The first-order valence-electron chi connectivity index (χ1n) is 16.2.